The highest BCUT2D eigenvalue weighted by molar-refractivity contribution is 8.00. The number of fused-ring (bicyclic) bond motifs is 4. The standard InChI is InChI=1S/C27H24F3N3S/c1-26(2,3)19-10-12-20(13-11-19)34-33-16-18-9-15-23(27(28,29)30)32-25(18)31-22-14-8-17-6-4-5-7-21(17)24(22)33/h4-15H,16H2,1-3H3,(H,31,32). The Bertz CT molecular complexity index is 1360. The molecule has 3 aromatic carbocycles. The summed E-state index contributed by atoms with van der Waals surface area (Å²) in [6.07, 6.45) is -4.50. The molecule has 1 aliphatic rings. The van der Waals surface area contributed by atoms with Crippen molar-refractivity contribution >= 4 is 39.9 Å². The monoisotopic (exact) mass is 479 g/mol. The van der Waals surface area contributed by atoms with E-state index in [1.807, 2.05) is 36.4 Å². The fraction of sp³-hybridized carbons (Fsp3) is 0.222. The highest BCUT2D eigenvalue weighted by Crippen LogP contribution is 2.45. The lowest BCUT2D eigenvalue weighted by Crippen LogP contribution is -2.15. The van der Waals surface area contributed by atoms with E-state index in [0.717, 1.165) is 33.1 Å². The number of nitrogens with zero attached hydrogens (tertiary/aromatic N) is 2. The summed E-state index contributed by atoms with van der Waals surface area (Å²) in [5, 5.41) is 5.27. The van der Waals surface area contributed by atoms with E-state index >= 15 is 0 Å². The summed E-state index contributed by atoms with van der Waals surface area (Å²) in [5.41, 5.74) is 2.75. The molecule has 0 unspecified atom stereocenters. The minimum absolute atomic E-state index is 0.0549. The van der Waals surface area contributed by atoms with E-state index in [1.54, 1.807) is 11.9 Å². The van der Waals surface area contributed by atoms with Crippen LogP contribution in [0.1, 0.15) is 37.6 Å². The maximum absolute atomic E-state index is 13.3. The van der Waals surface area contributed by atoms with Crippen LogP contribution in [0.4, 0.5) is 30.4 Å². The van der Waals surface area contributed by atoms with Crippen molar-refractivity contribution in [3.63, 3.8) is 0 Å². The predicted octanol–water partition coefficient (Wildman–Crippen LogP) is 8.32. The molecule has 1 N–H and O–H groups in total. The number of alkyl halides is 3. The molecule has 0 aliphatic carbocycles. The Balaban J connectivity index is 1.61. The summed E-state index contributed by atoms with van der Waals surface area (Å²) in [7, 11) is 0. The maximum atomic E-state index is 13.3. The molecule has 7 heteroatoms. The number of hydrogen-bond acceptors (Lipinski definition) is 4. The quantitative estimate of drug-likeness (QED) is 0.293. The zero-order chi connectivity index (χ0) is 24.1. The number of nitrogens with one attached hydrogen (secondary N) is 1. The van der Waals surface area contributed by atoms with E-state index in [1.165, 1.54) is 11.6 Å². The largest absolute Gasteiger partial charge is 0.433 e. The molecule has 0 spiro atoms. The molecule has 0 amide bonds. The summed E-state index contributed by atoms with van der Waals surface area (Å²) in [4.78, 5) is 4.98. The van der Waals surface area contributed by atoms with E-state index in [-0.39, 0.29) is 11.2 Å². The van der Waals surface area contributed by atoms with Gasteiger partial charge in [-0.25, -0.2) is 4.98 Å². The second-order valence-electron chi connectivity index (χ2n) is 9.41. The van der Waals surface area contributed by atoms with E-state index in [4.69, 9.17) is 0 Å². The second-order valence-corrected chi connectivity index (χ2v) is 10.5. The molecule has 34 heavy (non-hydrogen) atoms. The van der Waals surface area contributed by atoms with Gasteiger partial charge >= 0.3 is 6.18 Å². The van der Waals surface area contributed by atoms with Crippen molar-refractivity contribution in [1.82, 2.24) is 4.98 Å². The average molecular weight is 480 g/mol. The van der Waals surface area contributed by atoms with Crippen molar-refractivity contribution < 1.29 is 13.2 Å². The Hall–Kier alpha value is -3.19. The van der Waals surface area contributed by atoms with Crippen LogP contribution >= 0.6 is 11.9 Å². The summed E-state index contributed by atoms with van der Waals surface area (Å²) in [6.45, 7) is 6.94. The number of hydrogen-bond donors (Lipinski definition) is 1. The van der Waals surface area contributed by atoms with Gasteiger partial charge in [-0.05, 0) is 52.6 Å². The summed E-state index contributed by atoms with van der Waals surface area (Å²) >= 11 is 1.57. The van der Waals surface area contributed by atoms with Crippen LogP contribution in [-0.4, -0.2) is 4.98 Å². The number of pyridine rings is 1. The lowest BCUT2D eigenvalue weighted by atomic mass is 9.87. The van der Waals surface area contributed by atoms with Crippen LogP contribution < -0.4 is 9.62 Å². The molecule has 1 aromatic heterocycles. The molecule has 0 bridgehead atoms. The topological polar surface area (TPSA) is 28.2 Å². The van der Waals surface area contributed by atoms with Crippen molar-refractivity contribution in [3.05, 3.63) is 89.6 Å². The first-order valence-electron chi connectivity index (χ1n) is 11.0. The zero-order valence-corrected chi connectivity index (χ0v) is 19.9. The van der Waals surface area contributed by atoms with Crippen molar-refractivity contribution in [1.29, 1.82) is 0 Å². The third-order valence-electron chi connectivity index (χ3n) is 5.92. The zero-order valence-electron chi connectivity index (χ0n) is 19.1. The number of benzene rings is 3. The highest BCUT2D eigenvalue weighted by atomic mass is 32.2. The molecule has 0 saturated heterocycles. The molecule has 0 fully saturated rings. The van der Waals surface area contributed by atoms with Gasteiger partial charge in [-0.15, -0.1) is 0 Å². The Kier molecular flexibility index (Phi) is 5.47. The van der Waals surface area contributed by atoms with Gasteiger partial charge in [0.25, 0.3) is 0 Å². The molecule has 1 aliphatic heterocycles. The second kappa shape index (κ2) is 8.24. The van der Waals surface area contributed by atoms with Crippen LogP contribution in [0, 0.1) is 0 Å². The van der Waals surface area contributed by atoms with Gasteiger partial charge in [0.1, 0.15) is 11.5 Å². The van der Waals surface area contributed by atoms with Gasteiger partial charge in [0.15, 0.2) is 0 Å². The lowest BCUT2D eigenvalue weighted by Gasteiger charge is -2.25. The molecule has 4 aromatic rings. The summed E-state index contributed by atoms with van der Waals surface area (Å²) in [5.74, 6) is 0.234. The molecule has 0 saturated carbocycles. The minimum atomic E-state index is -4.50. The van der Waals surface area contributed by atoms with Crippen molar-refractivity contribution in [2.45, 2.75) is 43.8 Å². The van der Waals surface area contributed by atoms with Crippen LogP contribution in [-0.2, 0) is 18.1 Å². The van der Waals surface area contributed by atoms with Crippen molar-refractivity contribution in [2.75, 3.05) is 9.62 Å². The Morgan fingerprint density at radius 1 is 0.882 bits per heavy atom. The third kappa shape index (κ3) is 4.32. The molecule has 0 atom stereocenters. The number of anilines is 3. The molecule has 5 rings (SSSR count). The Morgan fingerprint density at radius 2 is 1.62 bits per heavy atom. The van der Waals surface area contributed by atoms with Gasteiger partial charge in [-0.3, -0.25) is 0 Å². The van der Waals surface area contributed by atoms with Gasteiger partial charge in [-0.1, -0.05) is 69.3 Å². The van der Waals surface area contributed by atoms with E-state index in [0.29, 0.717) is 12.1 Å². The van der Waals surface area contributed by atoms with E-state index in [2.05, 4.69) is 59.6 Å². The minimum Gasteiger partial charge on any atom is -0.338 e. The van der Waals surface area contributed by atoms with Gasteiger partial charge in [0.05, 0.1) is 17.9 Å². The highest BCUT2D eigenvalue weighted by Gasteiger charge is 2.34. The predicted molar refractivity (Wildman–Crippen MR) is 134 cm³/mol. The normalized spacial score (nSPS) is 13.8. The fourth-order valence-electron chi connectivity index (χ4n) is 4.09. The fourth-order valence-corrected chi connectivity index (χ4v) is 5.09. The molecule has 3 nitrogen and oxygen atoms in total. The SMILES string of the molecule is CC(C)(C)c1ccc(SN2Cc3ccc(C(F)(F)F)nc3Nc3ccc4ccccc4c32)cc1. The van der Waals surface area contributed by atoms with Crippen LogP contribution in [0.2, 0.25) is 0 Å². The summed E-state index contributed by atoms with van der Waals surface area (Å²) < 4.78 is 42.2. The Labute approximate surface area is 201 Å². The number of rotatable bonds is 2. The van der Waals surface area contributed by atoms with Gasteiger partial charge in [0, 0.05) is 15.8 Å². The maximum Gasteiger partial charge on any atom is 0.433 e. The molecular formula is C27H24F3N3S. The number of aromatic nitrogens is 1. The van der Waals surface area contributed by atoms with Gasteiger partial charge in [0.2, 0.25) is 0 Å². The van der Waals surface area contributed by atoms with E-state index < -0.39 is 11.9 Å². The molecule has 2 heterocycles. The van der Waals surface area contributed by atoms with Crippen molar-refractivity contribution in [2.24, 2.45) is 0 Å². The van der Waals surface area contributed by atoms with Crippen LogP contribution in [0.5, 0.6) is 0 Å². The molecule has 0 radical (unpaired) electrons. The average Bonchev–Trinajstić information content (AvgIpc) is 2.94. The smallest absolute Gasteiger partial charge is 0.338 e. The first-order valence-corrected chi connectivity index (χ1v) is 11.8. The van der Waals surface area contributed by atoms with Crippen LogP contribution in [0.3, 0.4) is 0 Å². The van der Waals surface area contributed by atoms with Crippen molar-refractivity contribution in [3.8, 4) is 0 Å². The first-order chi connectivity index (χ1) is 16.1. The van der Waals surface area contributed by atoms with Gasteiger partial charge in [-0.2, -0.15) is 13.2 Å². The Morgan fingerprint density at radius 3 is 2.32 bits per heavy atom. The molecular weight excluding hydrogens is 455 g/mol. The van der Waals surface area contributed by atoms with Gasteiger partial charge < -0.3 is 9.62 Å². The van der Waals surface area contributed by atoms with Crippen LogP contribution in [0.15, 0.2) is 77.7 Å². The van der Waals surface area contributed by atoms with E-state index in [9.17, 15) is 13.2 Å². The number of halogens is 3. The first kappa shape index (κ1) is 22.6. The van der Waals surface area contributed by atoms with Crippen LogP contribution in [0.25, 0.3) is 10.8 Å². The third-order valence-corrected chi connectivity index (χ3v) is 6.94. The molecule has 174 valence electrons. The lowest BCUT2D eigenvalue weighted by molar-refractivity contribution is -0.141. The summed E-state index contributed by atoms with van der Waals surface area (Å²) in [6, 6.07) is 22.9.